The lowest BCUT2D eigenvalue weighted by Gasteiger charge is -2.43. The van der Waals surface area contributed by atoms with Crippen LogP contribution in [0, 0.1) is 12.8 Å². The predicted molar refractivity (Wildman–Crippen MR) is 131 cm³/mol. The molecule has 2 heterocycles. The second-order valence-electron chi connectivity index (χ2n) is 9.06. The molecule has 32 heavy (non-hydrogen) atoms. The Kier molecular flexibility index (Phi) is 8.84. The molecule has 0 radical (unpaired) electrons. The van der Waals surface area contributed by atoms with E-state index >= 15 is 0 Å². The highest BCUT2D eigenvalue weighted by atomic mass is 32.1. The Labute approximate surface area is 195 Å². The second kappa shape index (κ2) is 11.6. The van der Waals surface area contributed by atoms with Crippen molar-refractivity contribution in [2.45, 2.75) is 52.2 Å². The van der Waals surface area contributed by atoms with E-state index in [0.29, 0.717) is 36.9 Å². The smallest absolute Gasteiger partial charge is 0.264 e. The van der Waals surface area contributed by atoms with Crippen LogP contribution in [-0.4, -0.2) is 59.9 Å². The van der Waals surface area contributed by atoms with Gasteiger partial charge in [-0.05, 0) is 42.7 Å². The number of hydrogen-bond donors (Lipinski definition) is 2. The number of rotatable bonds is 9. The highest BCUT2D eigenvalue weighted by Gasteiger charge is 2.38. The van der Waals surface area contributed by atoms with Gasteiger partial charge in [-0.25, -0.2) is 0 Å². The third-order valence-electron chi connectivity index (χ3n) is 5.94. The lowest BCUT2D eigenvalue weighted by Crippen LogP contribution is -2.57. The van der Waals surface area contributed by atoms with Gasteiger partial charge in [0.25, 0.3) is 5.91 Å². The topological polar surface area (TPSA) is 78.7 Å². The number of piperidine rings is 1. The Hall–Kier alpha value is -2.22. The molecule has 1 aromatic heterocycles. The van der Waals surface area contributed by atoms with E-state index in [-0.39, 0.29) is 17.9 Å². The van der Waals surface area contributed by atoms with Crippen molar-refractivity contribution < 1.29 is 9.59 Å². The SMILES string of the molecule is Cc1ccc(CN(CC(C)C)C2CCN(C(=O)c3cccs3)[C@@H](C(=O)NCCN)C2)cc1. The Balaban J connectivity index is 1.80. The monoisotopic (exact) mass is 456 g/mol. The molecule has 3 rings (SSSR count). The van der Waals surface area contributed by atoms with Gasteiger partial charge in [0.2, 0.25) is 5.91 Å². The standard InChI is InChI=1S/C25H36N4O2S/c1-18(2)16-28(17-20-8-6-19(3)7-9-20)21-10-13-29(25(31)23-5-4-14-32-23)22(15-21)24(30)27-12-11-26/h4-9,14,18,21-22H,10-13,15-17,26H2,1-3H3,(H,27,30)/t21?,22-/m1/s1. The van der Waals surface area contributed by atoms with Gasteiger partial charge in [0.05, 0.1) is 4.88 Å². The van der Waals surface area contributed by atoms with Gasteiger partial charge in [-0.15, -0.1) is 11.3 Å². The van der Waals surface area contributed by atoms with Crippen molar-refractivity contribution in [2.24, 2.45) is 11.7 Å². The summed E-state index contributed by atoms with van der Waals surface area (Å²) in [5.41, 5.74) is 8.13. The van der Waals surface area contributed by atoms with Gasteiger partial charge in [-0.2, -0.15) is 0 Å². The van der Waals surface area contributed by atoms with E-state index in [0.717, 1.165) is 19.5 Å². The molecule has 3 N–H and O–H groups in total. The van der Waals surface area contributed by atoms with Crippen LogP contribution in [0.2, 0.25) is 0 Å². The second-order valence-corrected chi connectivity index (χ2v) is 10.0. The minimum absolute atomic E-state index is 0.0553. The summed E-state index contributed by atoms with van der Waals surface area (Å²) in [6.45, 7) is 9.72. The van der Waals surface area contributed by atoms with E-state index in [9.17, 15) is 9.59 Å². The fourth-order valence-electron chi connectivity index (χ4n) is 4.36. The number of carbonyl (C=O) groups is 2. The molecule has 1 unspecified atom stereocenters. The van der Waals surface area contributed by atoms with Crippen molar-refractivity contribution in [3.8, 4) is 0 Å². The number of likely N-dealkylation sites (tertiary alicyclic amines) is 1. The summed E-state index contributed by atoms with van der Waals surface area (Å²) >= 11 is 1.42. The summed E-state index contributed by atoms with van der Waals surface area (Å²) in [7, 11) is 0. The number of benzene rings is 1. The molecular weight excluding hydrogens is 420 g/mol. The van der Waals surface area contributed by atoms with E-state index in [1.54, 1.807) is 4.90 Å². The van der Waals surface area contributed by atoms with Crippen molar-refractivity contribution in [3.63, 3.8) is 0 Å². The van der Waals surface area contributed by atoms with E-state index in [1.165, 1.54) is 22.5 Å². The third kappa shape index (κ3) is 6.40. The van der Waals surface area contributed by atoms with Crippen LogP contribution in [0.5, 0.6) is 0 Å². The first-order valence-electron chi connectivity index (χ1n) is 11.5. The van der Waals surface area contributed by atoms with Gasteiger partial charge in [0.1, 0.15) is 6.04 Å². The molecule has 0 saturated carbocycles. The summed E-state index contributed by atoms with van der Waals surface area (Å²) in [5.74, 6) is 0.348. The van der Waals surface area contributed by atoms with Gasteiger partial charge in [-0.3, -0.25) is 14.5 Å². The molecule has 0 spiro atoms. The number of nitrogens with one attached hydrogen (secondary N) is 1. The maximum atomic E-state index is 13.1. The zero-order valence-corrected chi connectivity index (χ0v) is 20.2. The van der Waals surface area contributed by atoms with E-state index < -0.39 is 6.04 Å². The lowest BCUT2D eigenvalue weighted by atomic mass is 9.93. The third-order valence-corrected chi connectivity index (χ3v) is 6.79. The van der Waals surface area contributed by atoms with Gasteiger partial charge >= 0.3 is 0 Å². The minimum Gasteiger partial charge on any atom is -0.353 e. The minimum atomic E-state index is -0.484. The fourth-order valence-corrected chi connectivity index (χ4v) is 5.04. The Morgan fingerprint density at radius 3 is 2.62 bits per heavy atom. The van der Waals surface area contributed by atoms with Crippen LogP contribution >= 0.6 is 11.3 Å². The van der Waals surface area contributed by atoms with Crippen molar-refractivity contribution in [1.82, 2.24) is 15.1 Å². The van der Waals surface area contributed by atoms with E-state index in [1.807, 2.05) is 17.5 Å². The number of aryl methyl sites for hydroxylation is 1. The van der Waals surface area contributed by atoms with E-state index in [4.69, 9.17) is 5.73 Å². The van der Waals surface area contributed by atoms with Gasteiger partial charge in [0.15, 0.2) is 0 Å². The van der Waals surface area contributed by atoms with Crippen LogP contribution < -0.4 is 11.1 Å². The number of thiophene rings is 1. The number of hydrogen-bond acceptors (Lipinski definition) is 5. The summed E-state index contributed by atoms with van der Waals surface area (Å²) in [6.07, 6.45) is 1.49. The van der Waals surface area contributed by atoms with Crippen LogP contribution in [0.15, 0.2) is 41.8 Å². The van der Waals surface area contributed by atoms with Gasteiger partial charge in [0, 0.05) is 38.8 Å². The predicted octanol–water partition coefficient (Wildman–Crippen LogP) is 3.26. The zero-order valence-electron chi connectivity index (χ0n) is 19.4. The van der Waals surface area contributed by atoms with E-state index in [2.05, 4.69) is 55.3 Å². The van der Waals surface area contributed by atoms with Crippen LogP contribution in [0.3, 0.4) is 0 Å². The van der Waals surface area contributed by atoms with Crippen LogP contribution in [0.4, 0.5) is 0 Å². The summed E-state index contributed by atoms with van der Waals surface area (Å²) < 4.78 is 0. The Morgan fingerprint density at radius 1 is 1.25 bits per heavy atom. The first kappa shape index (κ1) is 24.4. The molecule has 2 aromatic rings. The molecular formula is C25H36N4O2S. The number of nitrogens with zero attached hydrogens (tertiary/aromatic N) is 2. The molecule has 1 aliphatic rings. The largest absolute Gasteiger partial charge is 0.353 e. The van der Waals surface area contributed by atoms with Crippen molar-refractivity contribution in [1.29, 1.82) is 0 Å². The maximum Gasteiger partial charge on any atom is 0.264 e. The Bertz CT molecular complexity index is 867. The lowest BCUT2D eigenvalue weighted by molar-refractivity contribution is -0.127. The first-order valence-corrected chi connectivity index (χ1v) is 12.4. The van der Waals surface area contributed by atoms with Crippen molar-refractivity contribution >= 4 is 23.2 Å². The molecule has 1 aliphatic heterocycles. The molecule has 2 amide bonds. The zero-order chi connectivity index (χ0) is 23.1. The molecule has 1 fully saturated rings. The van der Waals surface area contributed by atoms with Crippen molar-refractivity contribution in [2.75, 3.05) is 26.2 Å². The highest BCUT2D eigenvalue weighted by molar-refractivity contribution is 7.12. The molecule has 7 heteroatoms. The van der Waals surface area contributed by atoms with Crippen LogP contribution in [0.25, 0.3) is 0 Å². The van der Waals surface area contributed by atoms with Gasteiger partial charge in [-0.1, -0.05) is 49.7 Å². The van der Waals surface area contributed by atoms with Crippen LogP contribution in [0.1, 0.15) is 47.5 Å². The van der Waals surface area contributed by atoms with Gasteiger partial charge < -0.3 is 16.0 Å². The number of amides is 2. The first-order chi connectivity index (χ1) is 15.4. The molecule has 1 saturated heterocycles. The fraction of sp³-hybridized carbons (Fsp3) is 0.520. The summed E-state index contributed by atoms with van der Waals surface area (Å²) in [5, 5.41) is 4.81. The normalized spacial score (nSPS) is 18.9. The average molecular weight is 457 g/mol. The number of carbonyl (C=O) groups excluding carboxylic acids is 2. The molecule has 0 aliphatic carbocycles. The van der Waals surface area contributed by atoms with Crippen LogP contribution in [-0.2, 0) is 11.3 Å². The molecule has 1 aromatic carbocycles. The highest BCUT2D eigenvalue weighted by Crippen LogP contribution is 2.27. The molecule has 6 nitrogen and oxygen atoms in total. The summed E-state index contributed by atoms with van der Waals surface area (Å²) in [4.78, 5) is 31.1. The Morgan fingerprint density at radius 2 is 2.00 bits per heavy atom. The molecule has 174 valence electrons. The molecule has 0 bridgehead atoms. The maximum absolute atomic E-state index is 13.1. The quantitative estimate of drug-likeness (QED) is 0.607. The van der Waals surface area contributed by atoms with Crippen molar-refractivity contribution in [3.05, 3.63) is 57.8 Å². The average Bonchev–Trinajstić information content (AvgIpc) is 3.32. The number of nitrogens with two attached hydrogens (primary N) is 1. The summed E-state index contributed by atoms with van der Waals surface area (Å²) in [6, 6.07) is 12.1. The molecule has 2 atom stereocenters.